The summed E-state index contributed by atoms with van der Waals surface area (Å²) in [5, 5.41) is 10.2. The molecule has 4 nitrogen and oxygen atoms in total. The molecule has 0 radical (unpaired) electrons. The molecule has 5 heteroatoms. The molecule has 1 atom stereocenters. The maximum atomic E-state index is 12.8. The highest BCUT2D eigenvalue weighted by Gasteiger charge is 2.16. The van der Waals surface area contributed by atoms with Crippen LogP contribution in [0, 0.1) is 5.82 Å². The number of halogens is 1. The maximum Gasteiger partial charge on any atom is 0.123 e. The van der Waals surface area contributed by atoms with Gasteiger partial charge >= 0.3 is 0 Å². The van der Waals surface area contributed by atoms with Crippen LogP contribution in [0.5, 0.6) is 5.75 Å². The Bertz CT molecular complexity index is 575. The second-order valence-electron chi connectivity index (χ2n) is 5.76. The van der Waals surface area contributed by atoms with Crippen LogP contribution in [0.1, 0.15) is 19.5 Å². The smallest absolute Gasteiger partial charge is 0.123 e. The van der Waals surface area contributed by atoms with E-state index in [-0.39, 0.29) is 18.5 Å². The van der Waals surface area contributed by atoms with Crippen molar-refractivity contribution in [3.63, 3.8) is 0 Å². The predicted octanol–water partition coefficient (Wildman–Crippen LogP) is 2.87. The van der Waals surface area contributed by atoms with E-state index in [1.165, 1.54) is 12.1 Å². The zero-order valence-corrected chi connectivity index (χ0v) is 13.5. The van der Waals surface area contributed by atoms with Gasteiger partial charge in [0.15, 0.2) is 0 Å². The third-order valence-corrected chi connectivity index (χ3v) is 3.52. The van der Waals surface area contributed by atoms with Crippen LogP contribution in [0.3, 0.4) is 0 Å². The standard InChI is InChI=1S/C18H23FN2O2/c1-14(2)21(11-16-5-3-4-10-20-16)12-17(22)13-23-18-8-6-15(19)7-9-18/h3-10,14,17,22H,11-13H2,1-2H3. The molecular weight excluding hydrogens is 295 g/mol. The predicted molar refractivity (Wildman–Crippen MR) is 87.7 cm³/mol. The lowest BCUT2D eigenvalue weighted by Crippen LogP contribution is -2.39. The number of hydrogen-bond donors (Lipinski definition) is 1. The molecule has 0 aliphatic heterocycles. The second-order valence-corrected chi connectivity index (χ2v) is 5.76. The molecule has 2 rings (SSSR count). The lowest BCUT2D eigenvalue weighted by molar-refractivity contribution is 0.0538. The van der Waals surface area contributed by atoms with Crippen LogP contribution < -0.4 is 4.74 Å². The van der Waals surface area contributed by atoms with Crippen LogP contribution in [-0.4, -0.2) is 40.3 Å². The van der Waals surface area contributed by atoms with E-state index in [2.05, 4.69) is 23.7 Å². The monoisotopic (exact) mass is 318 g/mol. The third-order valence-electron chi connectivity index (χ3n) is 3.52. The lowest BCUT2D eigenvalue weighted by atomic mass is 10.2. The largest absolute Gasteiger partial charge is 0.491 e. The topological polar surface area (TPSA) is 45.6 Å². The molecule has 2 aromatic rings. The third kappa shape index (κ3) is 5.96. The summed E-state index contributed by atoms with van der Waals surface area (Å²) in [6.45, 7) is 5.48. The second kappa shape index (κ2) is 8.60. The van der Waals surface area contributed by atoms with Crippen molar-refractivity contribution in [1.29, 1.82) is 0 Å². The zero-order valence-electron chi connectivity index (χ0n) is 13.5. The number of nitrogens with zero attached hydrogens (tertiary/aromatic N) is 2. The van der Waals surface area contributed by atoms with Crippen LogP contribution >= 0.6 is 0 Å². The molecule has 0 bridgehead atoms. The van der Waals surface area contributed by atoms with Gasteiger partial charge in [-0.15, -0.1) is 0 Å². The molecule has 1 heterocycles. The van der Waals surface area contributed by atoms with E-state index in [0.717, 1.165) is 5.69 Å². The summed E-state index contributed by atoms with van der Waals surface area (Å²) in [5.41, 5.74) is 0.966. The van der Waals surface area contributed by atoms with Gasteiger partial charge in [0.1, 0.15) is 24.3 Å². The Morgan fingerprint density at radius 1 is 1.17 bits per heavy atom. The molecular formula is C18H23FN2O2. The van der Waals surface area contributed by atoms with Crippen molar-refractivity contribution in [2.75, 3.05) is 13.2 Å². The van der Waals surface area contributed by atoms with Crippen molar-refractivity contribution in [3.8, 4) is 5.75 Å². The normalized spacial score (nSPS) is 12.6. The number of pyridine rings is 1. The molecule has 0 fully saturated rings. The SMILES string of the molecule is CC(C)N(Cc1ccccn1)CC(O)COc1ccc(F)cc1. The van der Waals surface area contributed by atoms with E-state index in [9.17, 15) is 9.50 Å². The van der Waals surface area contributed by atoms with Gasteiger partial charge in [0.05, 0.1) is 5.69 Å². The molecule has 1 N–H and O–H groups in total. The quantitative estimate of drug-likeness (QED) is 0.813. The number of benzene rings is 1. The van der Waals surface area contributed by atoms with Gasteiger partial charge in [0.25, 0.3) is 0 Å². The Kier molecular flexibility index (Phi) is 6.50. The minimum Gasteiger partial charge on any atom is -0.491 e. The fourth-order valence-electron chi connectivity index (χ4n) is 2.20. The van der Waals surface area contributed by atoms with Crippen molar-refractivity contribution in [2.45, 2.75) is 32.5 Å². The number of aliphatic hydroxyl groups excluding tert-OH is 1. The van der Waals surface area contributed by atoms with Gasteiger partial charge in [-0.25, -0.2) is 4.39 Å². The first-order valence-electron chi connectivity index (χ1n) is 7.75. The van der Waals surface area contributed by atoms with E-state index in [4.69, 9.17) is 4.74 Å². The van der Waals surface area contributed by atoms with E-state index >= 15 is 0 Å². The molecule has 124 valence electrons. The molecule has 0 spiro atoms. The average molecular weight is 318 g/mol. The summed E-state index contributed by atoms with van der Waals surface area (Å²) in [5.74, 6) is 0.241. The summed E-state index contributed by atoms with van der Waals surface area (Å²) >= 11 is 0. The summed E-state index contributed by atoms with van der Waals surface area (Å²) < 4.78 is 18.3. The Balaban J connectivity index is 1.85. The first kappa shape index (κ1) is 17.4. The summed E-state index contributed by atoms with van der Waals surface area (Å²) in [6, 6.07) is 11.9. The molecule has 0 aliphatic rings. The van der Waals surface area contributed by atoms with Gasteiger partial charge in [-0.3, -0.25) is 9.88 Å². The Labute approximate surface area is 136 Å². The van der Waals surface area contributed by atoms with Crippen LogP contribution in [0.15, 0.2) is 48.7 Å². The number of aromatic nitrogens is 1. The van der Waals surface area contributed by atoms with E-state index in [0.29, 0.717) is 18.8 Å². The average Bonchev–Trinajstić information content (AvgIpc) is 2.54. The summed E-state index contributed by atoms with van der Waals surface area (Å²) in [7, 11) is 0. The molecule has 0 saturated heterocycles. The van der Waals surface area contributed by atoms with E-state index in [1.807, 2.05) is 18.2 Å². The van der Waals surface area contributed by atoms with Gasteiger partial charge in [-0.1, -0.05) is 6.07 Å². The zero-order chi connectivity index (χ0) is 16.7. The lowest BCUT2D eigenvalue weighted by Gasteiger charge is -2.28. The van der Waals surface area contributed by atoms with E-state index in [1.54, 1.807) is 18.3 Å². The van der Waals surface area contributed by atoms with Gasteiger partial charge < -0.3 is 9.84 Å². The molecule has 0 saturated carbocycles. The fraction of sp³-hybridized carbons (Fsp3) is 0.389. The van der Waals surface area contributed by atoms with Gasteiger partial charge in [0, 0.05) is 25.3 Å². The van der Waals surface area contributed by atoms with Crippen LogP contribution in [0.2, 0.25) is 0 Å². The van der Waals surface area contributed by atoms with Gasteiger partial charge in [-0.2, -0.15) is 0 Å². The Morgan fingerprint density at radius 2 is 1.91 bits per heavy atom. The van der Waals surface area contributed by atoms with Crippen LogP contribution in [0.25, 0.3) is 0 Å². The molecule has 1 aromatic heterocycles. The molecule has 0 aliphatic carbocycles. The van der Waals surface area contributed by atoms with Crippen molar-refractivity contribution in [1.82, 2.24) is 9.88 Å². The molecule has 23 heavy (non-hydrogen) atoms. The molecule has 0 amide bonds. The fourth-order valence-corrected chi connectivity index (χ4v) is 2.20. The van der Waals surface area contributed by atoms with Crippen molar-refractivity contribution in [2.24, 2.45) is 0 Å². The highest BCUT2D eigenvalue weighted by atomic mass is 19.1. The Morgan fingerprint density at radius 3 is 2.52 bits per heavy atom. The molecule has 1 aromatic carbocycles. The highest BCUT2D eigenvalue weighted by molar-refractivity contribution is 5.22. The number of hydrogen-bond acceptors (Lipinski definition) is 4. The maximum absolute atomic E-state index is 12.8. The minimum absolute atomic E-state index is 0.164. The van der Waals surface area contributed by atoms with Crippen LogP contribution in [-0.2, 0) is 6.54 Å². The van der Waals surface area contributed by atoms with Crippen molar-refractivity contribution < 1.29 is 14.2 Å². The van der Waals surface area contributed by atoms with E-state index < -0.39 is 6.10 Å². The summed E-state index contributed by atoms with van der Waals surface area (Å²) in [6.07, 6.45) is 1.13. The van der Waals surface area contributed by atoms with Crippen molar-refractivity contribution in [3.05, 3.63) is 60.2 Å². The minimum atomic E-state index is -0.633. The van der Waals surface area contributed by atoms with Gasteiger partial charge in [0.2, 0.25) is 0 Å². The first-order valence-corrected chi connectivity index (χ1v) is 7.75. The van der Waals surface area contributed by atoms with Crippen LogP contribution in [0.4, 0.5) is 4.39 Å². The van der Waals surface area contributed by atoms with Crippen molar-refractivity contribution >= 4 is 0 Å². The van der Waals surface area contributed by atoms with Gasteiger partial charge in [-0.05, 0) is 50.2 Å². The number of aliphatic hydroxyl groups is 1. The number of rotatable bonds is 8. The highest BCUT2D eigenvalue weighted by Crippen LogP contribution is 2.12. The first-order chi connectivity index (χ1) is 11.0. The number of ether oxygens (including phenoxy) is 1. The Hall–Kier alpha value is -1.98. The molecule has 1 unspecified atom stereocenters. The summed E-state index contributed by atoms with van der Waals surface area (Å²) in [4.78, 5) is 6.46.